The fourth-order valence-corrected chi connectivity index (χ4v) is 2.16. The Balaban J connectivity index is 2.54. The van der Waals surface area contributed by atoms with Crippen LogP contribution in [0.3, 0.4) is 0 Å². The Morgan fingerprint density at radius 2 is 1.78 bits per heavy atom. The van der Waals surface area contributed by atoms with Crippen LogP contribution in [-0.4, -0.2) is 13.6 Å². The summed E-state index contributed by atoms with van der Waals surface area (Å²) < 4.78 is 12.9. The summed E-state index contributed by atoms with van der Waals surface area (Å²) in [4.78, 5) is 0. The second kappa shape index (κ2) is 6.89. The molecule has 0 saturated carbocycles. The zero-order valence-electron chi connectivity index (χ0n) is 12.1. The maximum atomic E-state index is 12.9. The molecule has 0 amide bonds. The van der Waals surface area contributed by atoms with E-state index in [1.807, 2.05) is 19.2 Å². The number of nitrogens with one attached hydrogen (secondary N) is 1. The van der Waals surface area contributed by atoms with Gasteiger partial charge in [-0.2, -0.15) is 0 Å². The molecule has 1 atom stereocenters. The van der Waals surface area contributed by atoms with E-state index < -0.39 is 0 Å². The molecular weight excluding hydrogens is 225 g/mol. The van der Waals surface area contributed by atoms with Crippen molar-refractivity contribution in [3.8, 4) is 0 Å². The van der Waals surface area contributed by atoms with Crippen molar-refractivity contribution in [3.63, 3.8) is 0 Å². The summed E-state index contributed by atoms with van der Waals surface area (Å²) in [5.41, 5.74) is 1.61. The van der Waals surface area contributed by atoms with Gasteiger partial charge in [0.05, 0.1) is 0 Å². The molecule has 1 rings (SSSR count). The maximum absolute atomic E-state index is 12.9. The van der Waals surface area contributed by atoms with Gasteiger partial charge in [-0.05, 0) is 61.9 Å². The van der Waals surface area contributed by atoms with Crippen LogP contribution in [0.2, 0.25) is 0 Å². The van der Waals surface area contributed by atoms with Crippen molar-refractivity contribution in [3.05, 3.63) is 35.6 Å². The van der Waals surface area contributed by atoms with E-state index in [-0.39, 0.29) is 5.82 Å². The Labute approximate surface area is 111 Å². The van der Waals surface area contributed by atoms with Crippen molar-refractivity contribution < 1.29 is 4.39 Å². The van der Waals surface area contributed by atoms with Gasteiger partial charge in [0.15, 0.2) is 0 Å². The van der Waals surface area contributed by atoms with Crippen molar-refractivity contribution in [2.75, 3.05) is 13.6 Å². The monoisotopic (exact) mass is 251 g/mol. The molecule has 1 N–H and O–H groups in total. The van der Waals surface area contributed by atoms with E-state index in [1.54, 1.807) is 12.1 Å². The standard InChI is InChI=1S/C16H26FN/c1-16(2,3)10-9-14(12-18-4)11-13-5-7-15(17)8-6-13/h5-8,14,18H,9-12H2,1-4H3. The van der Waals surface area contributed by atoms with E-state index in [2.05, 4.69) is 26.1 Å². The molecule has 0 heterocycles. The second-order valence-corrected chi connectivity index (χ2v) is 6.35. The first-order valence-corrected chi connectivity index (χ1v) is 6.80. The predicted octanol–water partition coefficient (Wildman–Crippen LogP) is 4.03. The Bertz CT molecular complexity index is 337. The first kappa shape index (κ1) is 15.2. The SMILES string of the molecule is CNCC(CCC(C)(C)C)Cc1ccc(F)cc1. The molecular formula is C16H26FN. The summed E-state index contributed by atoms with van der Waals surface area (Å²) in [6.45, 7) is 7.86. The molecule has 0 aromatic heterocycles. The van der Waals surface area contributed by atoms with Crippen LogP contribution in [-0.2, 0) is 6.42 Å². The largest absolute Gasteiger partial charge is 0.319 e. The third-order valence-electron chi connectivity index (χ3n) is 3.23. The van der Waals surface area contributed by atoms with Gasteiger partial charge in [-0.15, -0.1) is 0 Å². The summed E-state index contributed by atoms with van der Waals surface area (Å²) in [6, 6.07) is 6.90. The lowest BCUT2D eigenvalue weighted by molar-refractivity contribution is 0.316. The molecule has 0 radical (unpaired) electrons. The highest BCUT2D eigenvalue weighted by Gasteiger charge is 2.15. The topological polar surface area (TPSA) is 12.0 Å². The van der Waals surface area contributed by atoms with Crippen molar-refractivity contribution in [1.82, 2.24) is 5.32 Å². The van der Waals surface area contributed by atoms with Gasteiger partial charge >= 0.3 is 0 Å². The van der Waals surface area contributed by atoms with Gasteiger partial charge in [-0.3, -0.25) is 0 Å². The molecule has 1 unspecified atom stereocenters. The molecule has 0 saturated heterocycles. The number of benzene rings is 1. The van der Waals surface area contributed by atoms with Crippen LogP contribution in [0.5, 0.6) is 0 Å². The highest BCUT2D eigenvalue weighted by molar-refractivity contribution is 5.16. The maximum Gasteiger partial charge on any atom is 0.123 e. The zero-order chi connectivity index (χ0) is 13.6. The van der Waals surface area contributed by atoms with Crippen LogP contribution in [0, 0.1) is 17.2 Å². The van der Waals surface area contributed by atoms with E-state index in [0.29, 0.717) is 11.3 Å². The van der Waals surface area contributed by atoms with Crippen LogP contribution in [0.4, 0.5) is 4.39 Å². The van der Waals surface area contributed by atoms with Gasteiger partial charge in [0.2, 0.25) is 0 Å². The van der Waals surface area contributed by atoms with E-state index in [9.17, 15) is 4.39 Å². The number of rotatable bonds is 6. The molecule has 102 valence electrons. The average molecular weight is 251 g/mol. The van der Waals surface area contributed by atoms with E-state index in [1.165, 1.54) is 18.4 Å². The molecule has 1 nitrogen and oxygen atoms in total. The van der Waals surface area contributed by atoms with Crippen LogP contribution in [0.1, 0.15) is 39.2 Å². The first-order chi connectivity index (χ1) is 8.40. The molecule has 18 heavy (non-hydrogen) atoms. The molecule has 0 fully saturated rings. The Morgan fingerprint density at radius 1 is 1.17 bits per heavy atom. The molecule has 0 spiro atoms. The lowest BCUT2D eigenvalue weighted by atomic mass is 9.84. The third-order valence-corrected chi connectivity index (χ3v) is 3.23. The molecule has 1 aromatic carbocycles. The van der Waals surface area contributed by atoms with Gasteiger partial charge in [0.25, 0.3) is 0 Å². The van der Waals surface area contributed by atoms with E-state index >= 15 is 0 Å². The fraction of sp³-hybridized carbons (Fsp3) is 0.625. The van der Waals surface area contributed by atoms with Crippen LogP contribution < -0.4 is 5.32 Å². The van der Waals surface area contributed by atoms with Gasteiger partial charge in [-0.25, -0.2) is 4.39 Å². The molecule has 2 heteroatoms. The normalized spacial score (nSPS) is 13.6. The molecule has 0 bridgehead atoms. The number of hydrogen-bond donors (Lipinski definition) is 1. The Kier molecular flexibility index (Phi) is 5.80. The highest BCUT2D eigenvalue weighted by atomic mass is 19.1. The fourth-order valence-electron chi connectivity index (χ4n) is 2.16. The number of hydrogen-bond acceptors (Lipinski definition) is 1. The minimum atomic E-state index is -0.154. The molecule has 1 aromatic rings. The van der Waals surface area contributed by atoms with Crippen molar-refractivity contribution in [2.24, 2.45) is 11.3 Å². The summed E-state index contributed by atoms with van der Waals surface area (Å²) in [7, 11) is 1.99. The summed E-state index contributed by atoms with van der Waals surface area (Å²) in [5, 5.41) is 3.26. The lowest BCUT2D eigenvalue weighted by Gasteiger charge is -2.23. The minimum absolute atomic E-state index is 0.154. The summed E-state index contributed by atoms with van der Waals surface area (Å²) in [5.74, 6) is 0.471. The summed E-state index contributed by atoms with van der Waals surface area (Å²) in [6.07, 6.45) is 3.46. The lowest BCUT2D eigenvalue weighted by Crippen LogP contribution is -2.22. The van der Waals surface area contributed by atoms with E-state index in [0.717, 1.165) is 13.0 Å². The van der Waals surface area contributed by atoms with Gasteiger partial charge in [0.1, 0.15) is 5.82 Å². The summed E-state index contributed by atoms with van der Waals surface area (Å²) >= 11 is 0. The van der Waals surface area contributed by atoms with Gasteiger partial charge in [0, 0.05) is 0 Å². The van der Waals surface area contributed by atoms with Gasteiger partial charge in [-0.1, -0.05) is 32.9 Å². The minimum Gasteiger partial charge on any atom is -0.319 e. The zero-order valence-corrected chi connectivity index (χ0v) is 12.1. The van der Waals surface area contributed by atoms with Crippen LogP contribution in [0.15, 0.2) is 24.3 Å². The third kappa shape index (κ3) is 6.15. The smallest absolute Gasteiger partial charge is 0.123 e. The Hall–Kier alpha value is -0.890. The Morgan fingerprint density at radius 3 is 2.28 bits per heavy atom. The molecule has 0 aliphatic rings. The predicted molar refractivity (Wildman–Crippen MR) is 76.2 cm³/mol. The molecule has 0 aliphatic carbocycles. The number of halogens is 1. The van der Waals surface area contributed by atoms with Crippen LogP contribution in [0.25, 0.3) is 0 Å². The van der Waals surface area contributed by atoms with Crippen molar-refractivity contribution in [2.45, 2.75) is 40.0 Å². The van der Waals surface area contributed by atoms with E-state index in [4.69, 9.17) is 0 Å². The van der Waals surface area contributed by atoms with Crippen molar-refractivity contribution >= 4 is 0 Å². The molecule has 0 aliphatic heterocycles. The highest BCUT2D eigenvalue weighted by Crippen LogP contribution is 2.25. The van der Waals surface area contributed by atoms with Crippen molar-refractivity contribution in [1.29, 1.82) is 0 Å². The van der Waals surface area contributed by atoms with Gasteiger partial charge < -0.3 is 5.32 Å². The second-order valence-electron chi connectivity index (χ2n) is 6.35. The first-order valence-electron chi connectivity index (χ1n) is 6.80. The van der Waals surface area contributed by atoms with Crippen LogP contribution >= 0.6 is 0 Å². The average Bonchev–Trinajstić information content (AvgIpc) is 2.28. The quantitative estimate of drug-likeness (QED) is 0.805.